The van der Waals surface area contributed by atoms with E-state index in [2.05, 4.69) is 30.1 Å². The van der Waals surface area contributed by atoms with Crippen molar-refractivity contribution in [2.75, 3.05) is 6.61 Å². The Labute approximate surface area is 97.2 Å². The molecule has 3 nitrogen and oxygen atoms in total. The molecule has 0 unspecified atom stereocenters. The maximum atomic E-state index is 5.40. The van der Waals surface area contributed by atoms with Crippen LogP contribution in [0, 0.1) is 12.3 Å². The van der Waals surface area contributed by atoms with Gasteiger partial charge in [0.15, 0.2) is 0 Å². The summed E-state index contributed by atoms with van der Waals surface area (Å²) in [7, 11) is 0. The van der Waals surface area contributed by atoms with Gasteiger partial charge in [-0.3, -0.25) is 4.98 Å². The van der Waals surface area contributed by atoms with Gasteiger partial charge in [-0.1, -0.05) is 13.8 Å². The van der Waals surface area contributed by atoms with Gasteiger partial charge < -0.3 is 10.1 Å². The van der Waals surface area contributed by atoms with Gasteiger partial charge in [0.25, 0.3) is 0 Å². The Balaban J connectivity index is 2.39. The summed E-state index contributed by atoms with van der Waals surface area (Å²) in [6.45, 7) is 5.54. The normalized spacial score (nSPS) is 10.1. The Bertz CT molecular complexity index is 338. The van der Waals surface area contributed by atoms with E-state index in [-0.39, 0.29) is 0 Å². The predicted molar refractivity (Wildman–Crippen MR) is 65.2 cm³/mol. The van der Waals surface area contributed by atoms with Crippen LogP contribution in [0.3, 0.4) is 0 Å². The summed E-state index contributed by atoms with van der Waals surface area (Å²) < 4.78 is 5.40. The zero-order chi connectivity index (χ0) is 11.8. The first-order valence-corrected chi connectivity index (χ1v) is 5.47. The molecule has 86 valence electrons. The molecular formula is C13H18N2O. The van der Waals surface area contributed by atoms with Crippen LogP contribution >= 0.6 is 0 Å². The first-order chi connectivity index (χ1) is 7.72. The second-order valence-corrected chi connectivity index (χ2v) is 3.82. The average molecular weight is 218 g/mol. The summed E-state index contributed by atoms with van der Waals surface area (Å²) in [6, 6.07) is 4.34. The van der Waals surface area contributed by atoms with Crippen molar-refractivity contribution >= 4 is 0 Å². The minimum Gasteiger partial charge on any atom is -0.491 e. The summed E-state index contributed by atoms with van der Waals surface area (Å²) in [5.41, 5.74) is 1.01. The maximum absolute atomic E-state index is 5.40. The van der Waals surface area contributed by atoms with Gasteiger partial charge in [-0.05, 0) is 12.1 Å². The van der Waals surface area contributed by atoms with E-state index in [0.29, 0.717) is 19.1 Å². The lowest BCUT2D eigenvalue weighted by atomic mass is 10.3. The number of aromatic nitrogens is 1. The highest BCUT2D eigenvalue weighted by atomic mass is 16.5. The molecule has 16 heavy (non-hydrogen) atoms. The zero-order valence-electron chi connectivity index (χ0n) is 9.86. The molecule has 0 aliphatic rings. The Morgan fingerprint density at radius 3 is 2.88 bits per heavy atom. The molecule has 0 saturated carbocycles. The van der Waals surface area contributed by atoms with E-state index >= 15 is 0 Å². The first kappa shape index (κ1) is 12.5. The van der Waals surface area contributed by atoms with Crippen molar-refractivity contribution in [3.05, 3.63) is 24.0 Å². The topological polar surface area (TPSA) is 34.1 Å². The molecule has 0 atom stereocenters. The number of ether oxygens (including phenoxy) is 1. The lowest BCUT2D eigenvalue weighted by Crippen LogP contribution is -2.22. The van der Waals surface area contributed by atoms with Crippen LogP contribution < -0.4 is 10.1 Å². The highest BCUT2D eigenvalue weighted by Gasteiger charge is 1.98. The summed E-state index contributed by atoms with van der Waals surface area (Å²) in [4.78, 5) is 4.29. The third kappa shape index (κ3) is 4.81. The van der Waals surface area contributed by atoms with Crippen LogP contribution in [0.4, 0.5) is 0 Å². The molecular weight excluding hydrogens is 200 g/mol. The molecule has 1 rings (SSSR count). The van der Waals surface area contributed by atoms with Crippen LogP contribution in [-0.4, -0.2) is 17.6 Å². The fraction of sp³-hybridized carbons (Fsp3) is 0.462. The van der Waals surface area contributed by atoms with Crippen molar-refractivity contribution in [1.29, 1.82) is 0 Å². The minimum atomic E-state index is 0.466. The molecule has 0 bridgehead atoms. The Hall–Kier alpha value is -1.53. The van der Waals surface area contributed by atoms with Crippen LogP contribution in [0.2, 0.25) is 0 Å². The smallest absolute Gasteiger partial charge is 0.137 e. The Morgan fingerprint density at radius 1 is 1.50 bits per heavy atom. The van der Waals surface area contributed by atoms with Gasteiger partial charge in [-0.15, -0.1) is 12.3 Å². The summed E-state index contributed by atoms with van der Waals surface area (Å²) in [6.07, 6.45) is 7.48. The van der Waals surface area contributed by atoms with Gasteiger partial charge in [-0.2, -0.15) is 0 Å². The fourth-order valence-electron chi connectivity index (χ4n) is 1.14. The average Bonchev–Trinajstić information content (AvgIpc) is 2.28. The van der Waals surface area contributed by atoms with E-state index < -0.39 is 0 Å². The van der Waals surface area contributed by atoms with Gasteiger partial charge in [0.2, 0.25) is 0 Å². The number of nitrogens with zero attached hydrogens (tertiary/aromatic N) is 1. The van der Waals surface area contributed by atoms with Crippen LogP contribution in [0.15, 0.2) is 18.3 Å². The molecule has 1 aromatic rings. The van der Waals surface area contributed by atoms with E-state index in [0.717, 1.165) is 18.0 Å². The van der Waals surface area contributed by atoms with Gasteiger partial charge in [0.05, 0.1) is 18.5 Å². The highest BCUT2D eigenvalue weighted by Crippen LogP contribution is 2.09. The number of pyridine rings is 1. The van der Waals surface area contributed by atoms with E-state index in [1.54, 1.807) is 6.20 Å². The SMILES string of the molecule is C#CCCOc1ccc(CNC(C)C)nc1. The van der Waals surface area contributed by atoms with E-state index in [4.69, 9.17) is 11.2 Å². The summed E-state index contributed by atoms with van der Waals surface area (Å²) in [5.74, 6) is 3.29. The zero-order valence-corrected chi connectivity index (χ0v) is 9.86. The highest BCUT2D eigenvalue weighted by molar-refractivity contribution is 5.19. The van der Waals surface area contributed by atoms with Gasteiger partial charge >= 0.3 is 0 Å². The number of hydrogen-bond acceptors (Lipinski definition) is 3. The first-order valence-electron chi connectivity index (χ1n) is 5.47. The van der Waals surface area contributed by atoms with Crippen LogP contribution in [-0.2, 0) is 6.54 Å². The largest absolute Gasteiger partial charge is 0.491 e. The summed E-state index contributed by atoms with van der Waals surface area (Å²) >= 11 is 0. The monoisotopic (exact) mass is 218 g/mol. The molecule has 0 aliphatic carbocycles. The molecule has 3 heteroatoms. The third-order valence-corrected chi connectivity index (χ3v) is 2.00. The molecule has 0 fully saturated rings. The molecule has 0 aliphatic heterocycles. The predicted octanol–water partition coefficient (Wildman–Crippen LogP) is 1.98. The molecule has 0 radical (unpaired) electrons. The lowest BCUT2D eigenvalue weighted by Gasteiger charge is -2.08. The number of rotatable bonds is 6. The fourth-order valence-corrected chi connectivity index (χ4v) is 1.14. The van der Waals surface area contributed by atoms with Crippen molar-refractivity contribution in [1.82, 2.24) is 10.3 Å². The quantitative estimate of drug-likeness (QED) is 0.585. The van der Waals surface area contributed by atoms with Crippen molar-refractivity contribution < 1.29 is 4.74 Å². The number of nitrogens with one attached hydrogen (secondary N) is 1. The standard InChI is InChI=1S/C13H18N2O/c1-4-5-8-16-13-7-6-12(15-10-13)9-14-11(2)3/h1,6-7,10-11,14H,5,8-9H2,2-3H3. The lowest BCUT2D eigenvalue weighted by molar-refractivity contribution is 0.325. The Kier molecular flexibility index (Phi) is 5.38. The van der Waals surface area contributed by atoms with Crippen LogP contribution in [0.5, 0.6) is 5.75 Å². The number of hydrogen-bond donors (Lipinski definition) is 1. The van der Waals surface area contributed by atoms with E-state index in [1.807, 2.05) is 12.1 Å². The maximum Gasteiger partial charge on any atom is 0.137 e. The minimum absolute atomic E-state index is 0.466. The van der Waals surface area contributed by atoms with Gasteiger partial charge in [0.1, 0.15) is 5.75 Å². The number of terminal acetylenes is 1. The molecule has 1 N–H and O–H groups in total. The summed E-state index contributed by atoms with van der Waals surface area (Å²) in [5, 5.41) is 3.30. The second-order valence-electron chi connectivity index (χ2n) is 3.82. The van der Waals surface area contributed by atoms with E-state index in [9.17, 15) is 0 Å². The second kappa shape index (κ2) is 6.86. The van der Waals surface area contributed by atoms with Crippen LogP contribution in [0.25, 0.3) is 0 Å². The van der Waals surface area contributed by atoms with Crippen molar-refractivity contribution in [2.45, 2.75) is 32.9 Å². The molecule has 0 aromatic carbocycles. The van der Waals surface area contributed by atoms with Crippen molar-refractivity contribution in [2.24, 2.45) is 0 Å². The molecule has 0 spiro atoms. The molecule has 0 saturated heterocycles. The van der Waals surface area contributed by atoms with Gasteiger partial charge in [-0.25, -0.2) is 0 Å². The third-order valence-electron chi connectivity index (χ3n) is 2.00. The molecule has 1 aromatic heterocycles. The van der Waals surface area contributed by atoms with Gasteiger partial charge in [0, 0.05) is 19.0 Å². The molecule has 0 amide bonds. The van der Waals surface area contributed by atoms with E-state index in [1.165, 1.54) is 0 Å². The van der Waals surface area contributed by atoms with Crippen molar-refractivity contribution in [3.63, 3.8) is 0 Å². The molecule has 1 heterocycles. The van der Waals surface area contributed by atoms with Crippen LogP contribution in [0.1, 0.15) is 26.0 Å². The Morgan fingerprint density at radius 2 is 2.31 bits per heavy atom. The van der Waals surface area contributed by atoms with Crippen molar-refractivity contribution in [3.8, 4) is 18.1 Å².